The first-order valence-electron chi connectivity index (χ1n) is 22.5. The number of H-pyrrole nitrogens is 1. The molecule has 0 bridgehead atoms. The van der Waals surface area contributed by atoms with Crippen molar-refractivity contribution in [2.45, 2.75) is 120 Å². The minimum atomic E-state index is -5.22. The number of unbranched alkanes of at least 4 members (excludes halogenated alkanes) is 7. The smallest absolute Gasteiger partial charge is 0.472 e. The van der Waals surface area contributed by atoms with Crippen molar-refractivity contribution in [1.82, 2.24) is 29.1 Å². The van der Waals surface area contributed by atoms with Crippen LogP contribution in [0, 0.1) is 6.92 Å². The Morgan fingerprint density at radius 3 is 2.25 bits per heavy atom. The molecule has 3 aromatic heterocycles. The molecule has 0 saturated carbocycles. The zero-order valence-electron chi connectivity index (χ0n) is 37.6. The number of hydrogen-bond donors (Lipinski definition) is 2. The maximum Gasteiger partial charge on any atom is 0.472 e. The number of phosphoric acid groups is 1. The van der Waals surface area contributed by atoms with Gasteiger partial charge in [0.25, 0.3) is 5.56 Å². The summed E-state index contributed by atoms with van der Waals surface area (Å²) in [5.74, 6) is -0.154. The number of carbonyl (C=O) groups is 1. The predicted octanol–water partition coefficient (Wildman–Crippen LogP) is 7.85. The average molecular weight is 1020 g/mol. The monoisotopic (exact) mass is 1020 g/mol. The van der Waals surface area contributed by atoms with Gasteiger partial charge in [-0.05, 0) is 54.6 Å². The third-order valence-corrected chi connectivity index (χ3v) is 16.3. The van der Waals surface area contributed by atoms with Crippen molar-refractivity contribution in [3.8, 4) is 11.5 Å². The van der Waals surface area contributed by atoms with E-state index in [1.807, 2.05) is 4.98 Å². The summed E-state index contributed by atoms with van der Waals surface area (Å²) in [4.78, 5) is 63.2. The van der Waals surface area contributed by atoms with Crippen molar-refractivity contribution in [2.75, 3.05) is 19.8 Å². The van der Waals surface area contributed by atoms with Crippen LogP contribution in [-0.4, -0.2) is 96.5 Å². The fraction of sp³-hybridized carbons (Fsp3) is 0.500. The molecule has 3 saturated heterocycles. The molecule has 69 heavy (non-hydrogen) atoms. The molecule has 2 aromatic carbocycles. The van der Waals surface area contributed by atoms with Crippen molar-refractivity contribution in [1.29, 1.82) is 0 Å². The average Bonchev–Trinajstić information content (AvgIpc) is 3.99. The number of nitrogens with one attached hydrogen (secondary N) is 1. The van der Waals surface area contributed by atoms with Crippen molar-refractivity contribution in [3.63, 3.8) is 0 Å². The largest absolute Gasteiger partial charge is 0.493 e. The second-order valence-electron chi connectivity index (χ2n) is 16.6. The quantitative estimate of drug-likeness (QED) is 0.0390. The Labute approximate surface area is 398 Å². The van der Waals surface area contributed by atoms with Crippen LogP contribution in [-0.2, 0) is 42.5 Å². The fourth-order valence-electron chi connectivity index (χ4n) is 8.05. The van der Waals surface area contributed by atoms with Gasteiger partial charge in [-0.25, -0.2) is 42.5 Å². The van der Waals surface area contributed by atoms with Crippen LogP contribution in [0.25, 0.3) is 11.2 Å². The van der Waals surface area contributed by atoms with Gasteiger partial charge in [-0.3, -0.25) is 37.0 Å². The number of hydrogen-bond acceptors (Lipinski definition) is 17. The summed E-state index contributed by atoms with van der Waals surface area (Å²) in [6, 6.07) is 14.0. The standard InChI is InChI=1S/C44H52F2N6O14P2S/c1-3-4-5-6-7-8-9-12-21-59-31-14-11-10-13-30(31)43(54)62-29-17-15-28(16-18-29)24-69-68(58)61-23-33-38(35(45)42(64-33)52-26-49-37-27(2)47-25-48-40(37)52)65-67(56,57)60-22-32-39(66-68)36(46)41(63-32)51-20-19-34(53)50-44(51)55/h10-11,13-20,25-26,32-33,35-36,38-39,41-42H,3-9,12,21-24H2,1-2H3,(H,56,57)(H,50,53,55)/t32-,33-,35-,36-,38-,39-,41-,42-,68?/m1/s1. The highest BCUT2D eigenvalue weighted by atomic mass is 32.7. The summed E-state index contributed by atoms with van der Waals surface area (Å²) in [6.07, 6.45) is -2.24. The lowest BCUT2D eigenvalue weighted by Gasteiger charge is -2.29. The molecule has 2 N–H and O–H groups in total. The highest BCUT2D eigenvalue weighted by molar-refractivity contribution is 8.54. The molecule has 0 aliphatic carbocycles. The number of aromatic amines is 1. The maximum atomic E-state index is 16.5. The molecule has 20 nitrogen and oxygen atoms in total. The number of fused-ring (bicyclic) bond motifs is 3. The third-order valence-electron chi connectivity index (χ3n) is 11.7. The number of esters is 1. The van der Waals surface area contributed by atoms with Crippen molar-refractivity contribution < 1.29 is 64.6 Å². The zero-order chi connectivity index (χ0) is 48.7. The summed E-state index contributed by atoms with van der Waals surface area (Å²) in [5.41, 5.74) is -0.0622. The summed E-state index contributed by atoms with van der Waals surface area (Å²) >= 11 is 0.610. The summed E-state index contributed by atoms with van der Waals surface area (Å²) in [7, 11) is -5.22. The molecular weight excluding hydrogens is 969 g/mol. The number of rotatable bonds is 17. The Kier molecular flexibility index (Phi) is 16.6. The molecule has 25 heteroatoms. The molecule has 3 aliphatic rings. The summed E-state index contributed by atoms with van der Waals surface area (Å²) in [5, 5.41) is 0. The fourth-order valence-corrected chi connectivity index (χ4v) is 12.4. The Balaban J connectivity index is 0.980. The third kappa shape index (κ3) is 12.3. The topological polar surface area (TPSA) is 244 Å². The lowest BCUT2D eigenvalue weighted by molar-refractivity contribution is -0.0619. The van der Waals surface area contributed by atoms with Crippen LogP contribution in [0.4, 0.5) is 8.78 Å². The minimum absolute atomic E-state index is 0.110. The Morgan fingerprint density at radius 1 is 0.855 bits per heavy atom. The second-order valence-corrected chi connectivity index (χ2v) is 22.0. The SMILES string of the molecule is CCCCCCCCCCOc1ccccc1C(=O)Oc1ccc(CSP2(=O)OC[C@H]3O[C@@H](n4cnc5c(C)ncnc54)[C@H](F)[C@@H]3OP(=O)(O)OC[C@H]3O[C@@H](n4ccc(=O)[nH]c4=O)[C@H](F)[C@@H]3O2)cc1. The predicted molar refractivity (Wildman–Crippen MR) is 245 cm³/mol. The number of phosphoric ester groups is 1. The van der Waals surface area contributed by atoms with E-state index in [-0.39, 0.29) is 22.7 Å². The first-order valence-corrected chi connectivity index (χ1v) is 27.2. The van der Waals surface area contributed by atoms with Crippen LogP contribution in [0.5, 0.6) is 11.5 Å². The molecule has 5 aromatic rings. The number of ether oxygens (including phenoxy) is 4. The first kappa shape index (κ1) is 50.7. The van der Waals surface area contributed by atoms with Crippen LogP contribution in [0.3, 0.4) is 0 Å². The van der Waals surface area contributed by atoms with Gasteiger partial charge < -0.3 is 23.8 Å². The highest BCUT2D eigenvalue weighted by Crippen LogP contribution is 2.65. The van der Waals surface area contributed by atoms with E-state index in [1.165, 1.54) is 61.5 Å². The molecule has 0 spiro atoms. The summed E-state index contributed by atoms with van der Waals surface area (Å²) < 4.78 is 109. The van der Waals surface area contributed by atoms with Crippen LogP contribution < -0.4 is 20.7 Å². The molecule has 3 fully saturated rings. The molecule has 10 atom stereocenters. The van der Waals surface area contributed by atoms with Crippen LogP contribution >= 0.6 is 26.0 Å². The van der Waals surface area contributed by atoms with E-state index in [0.717, 1.165) is 31.5 Å². The normalized spacial score (nSPS) is 28.4. The van der Waals surface area contributed by atoms with Gasteiger partial charge in [0.2, 0.25) is 0 Å². The van der Waals surface area contributed by atoms with Gasteiger partial charge in [0, 0.05) is 18.0 Å². The van der Waals surface area contributed by atoms with E-state index in [0.29, 0.717) is 45.1 Å². The highest BCUT2D eigenvalue weighted by Gasteiger charge is 2.55. The second kappa shape index (κ2) is 22.6. The lowest BCUT2D eigenvalue weighted by Crippen LogP contribution is -2.38. The van der Waals surface area contributed by atoms with E-state index < -0.39 is 94.3 Å². The van der Waals surface area contributed by atoms with Crippen LogP contribution in [0.2, 0.25) is 0 Å². The molecule has 3 aliphatic heterocycles. The Bertz CT molecular complexity index is 2790. The number of imidazole rings is 1. The molecule has 8 rings (SSSR count). The lowest BCUT2D eigenvalue weighted by atomic mass is 10.1. The van der Waals surface area contributed by atoms with Crippen LogP contribution in [0.15, 0.2) is 83.0 Å². The Morgan fingerprint density at radius 2 is 1.52 bits per heavy atom. The van der Waals surface area contributed by atoms with E-state index in [4.69, 9.17) is 37.0 Å². The number of halogens is 2. The number of benzene rings is 2. The van der Waals surface area contributed by atoms with E-state index in [2.05, 4.69) is 21.9 Å². The van der Waals surface area contributed by atoms with Crippen LogP contribution in [0.1, 0.15) is 92.4 Å². The molecular formula is C44H52F2N6O14P2S. The number of para-hydroxylation sites is 1. The van der Waals surface area contributed by atoms with E-state index >= 15 is 8.78 Å². The van der Waals surface area contributed by atoms with Gasteiger partial charge in [0.05, 0.1) is 31.8 Å². The molecule has 2 unspecified atom stereocenters. The number of carbonyl (C=O) groups excluding carboxylic acids is 1. The van der Waals surface area contributed by atoms with Crippen molar-refractivity contribution in [3.05, 3.63) is 111 Å². The van der Waals surface area contributed by atoms with Gasteiger partial charge in [-0.2, -0.15) is 0 Å². The van der Waals surface area contributed by atoms with E-state index in [1.54, 1.807) is 43.3 Å². The van der Waals surface area contributed by atoms with Gasteiger partial charge >= 0.3 is 26.3 Å². The van der Waals surface area contributed by atoms with Gasteiger partial charge in [-0.1, -0.05) is 76.1 Å². The minimum Gasteiger partial charge on any atom is -0.493 e. The van der Waals surface area contributed by atoms with Crippen molar-refractivity contribution in [2.24, 2.45) is 0 Å². The molecule has 372 valence electrons. The van der Waals surface area contributed by atoms with E-state index in [9.17, 15) is 28.4 Å². The molecule has 0 radical (unpaired) electrons. The molecule has 0 amide bonds. The number of aryl methyl sites for hydroxylation is 1. The van der Waals surface area contributed by atoms with Gasteiger partial charge in [-0.15, -0.1) is 0 Å². The number of alkyl halides is 2. The zero-order valence-corrected chi connectivity index (χ0v) is 40.2. The number of aromatic nitrogens is 6. The number of nitrogens with zero attached hydrogens (tertiary/aromatic N) is 5. The van der Waals surface area contributed by atoms with Gasteiger partial charge in [0.15, 0.2) is 30.4 Å². The van der Waals surface area contributed by atoms with Gasteiger partial charge in [0.1, 0.15) is 53.3 Å². The Hall–Kier alpha value is -4.67. The van der Waals surface area contributed by atoms with Crippen molar-refractivity contribution >= 4 is 43.1 Å². The maximum absolute atomic E-state index is 16.5. The first-order chi connectivity index (χ1) is 33.2. The molecule has 6 heterocycles. The summed E-state index contributed by atoms with van der Waals surface area (Å²) in [6.45, 7) is -2.06.